The van der Waals surface area contributed by atoms with Gasteiger partial charge in [-0.05, 0) is 41.1 Å². The summed E-state index contributed by atoms with van der Waals surface area (Å²) in [7, 11) is 0. The minimum atomic E-state index is 0.161. The van der Waals surface area contributed by atoms with E-state index < -0.39 is 0 Å². The van der Waals surface area contributed by atoms with Crippen molar-refractivity contribution in [2.45, 2.75) is 4.90 Å². The summed E-state index contributed by atoms with van der Waals surface area (Å²) in [4.78, 5) is 13.4. The Hall–Kier alpha value is -1.58. The average Bonchev–Trinajstić information content (AvgIpc) is 2.53. The number of carbonyl (C=O) groups excluding carboxylic acids is 1. The molecule has 1 nitrogen and oxygen atoms in total. The van der Waals surface area contributed by atoms with E-state index in [1.807, 2.05) is 60.7 Å². The van der Waals surface area contributed by atoms with E-state index in [4.69, 9.17) is 0 Å². The summed E-state index contributed by atoms with van der Waals surface area (Å²) in [6.07, 6.45) is 0. The second-order valence-corrected chi connectivity index (χ2v) is 6.69. The summed E-state index contributed by atoms with van der Waals surface area (Å²) < 4.78 is 1.05. The Morgan fingerprint density at radius 2 is 1.62 bits per heavy atom. The number of hydrogen-bond donors (Lipinski definition) is 0. The van der Waals surface area contributed by atoms with Gasteiger partial charge in [0.1, 0.15) is 0 Å². The van der Waals surface area contributed by atoms with Crippen molar-refractivity contribution in [3.05, 3.63) is 76.8 Å². The molecule has 0 saturated heterocycles. The summed E-state index contributed by atoms with van der Waals surface area (Å²) in [6, 6.07) is 22.0. The van der Waals surface area contributed by atoms with Gasteiger partial charge in [-0.15, -0.1) is 11.8 Å². The average molecular weight is 357 g/mol. The van der Waals surface area contributed by atoms with Gasteiger partial charge in [-0.25, -0.2) is 0 Å². The summed E-state index contributed by atoms with van der Waals surface area (Å²) in [5.41, 5.74) is 0.776. The van der Waals surface area contributed by atoms with Gasteiger partial charge >= 0.3 is 0 Å². The number of ketones is 1. The van der Waals surface area contributed by atoms with Crippen LogP contribution in [0.4, 0.5) is 0 Å². The number of benzene rings is 3. The monoisotopic (exact) mass is 356 g/mol. The SMILES string of the molecule is O=C(CSc1ccc(Br)cc1)c1ccc2ccccc2c1. The number of hydrogen-bond acceptors (Lipinski definition) is 2. The molecule has 3 heteroatoms. The maximum absolute atomic E-state index is 12.3. The quantitative estimate of drug-likeness (QED) is 0.448. The normalized spacial score (nSPS) is 10.7. The first-order valence-electron chi connectivity index (χ1n) is 6.63. The van der Waals surface area contributed by atoms with Crippen LogP contribution in [0, 0.1) is 0 Å². The topological polar surface area (TPSA) is 17.1 Å². The van der Waals surface area contributed by atoms with Crippen LogP contribution in [0.25, 0.3) is 10.8 Å². The molecular formula is C18H13BrOS. The molecule has 0 aliphatic rings. The Balaban J connectivity index is 1.73. The van der Waals surface area contributed by atoms with E-state index in [0.717, 1.165) is 25.7 Å². The van der Waals surface area contributed by atoms with Crippen LogP contribution >= 0.6 is 27.7 Å². The molecule has 3 rings (SSSR count). The van der Waals surface area contributed by atoms with Gasteiger partial charge < -0.3 is 0 Å². The highest BCUT2D eigenvalue weighted by molar-refractivity contribution is 9.10. The van der Waals surface area contributed by atoms with Crippen molar-refractivity contribution in [3.8, 4) is 0 Å². The van der Waals surface area contributed by atoms with Crippen molar-refractivity contribution in [1.29, 1.82) is 0 Å². The number of Topliss-reactive ketones (excluding diaryl/α,β-unsaturated/α-hetero) is 1. The van der Waals surface area contributed by atoms with Crippen LogP contribution in [0.2, 0.25) is 0 Å². The van der Waals surface area contributed by atoms with Crippen molar-refractivity contribution >= 4 is 44.2 Å². The lowest BCUT2D eigenvalue weighted by molar-refractivity contribution is 0.102. The van der Waals surface area contributed by atoms with E-state index in [1.54, 1.807) is 11.8 Å². The summed E-state index contributed by atoms with van der Waals surface area (Å²) in [6.45, 7) is 0. The summed E-state index contributed by atoms with van der Waals surface area (Å²) >= 11 is 4.98. The van der Waals surface area contributed by atoms with Gasteiger partial charge in [0.15, 0.2) is 5.78 Å². The third kappa shape index (κ3) is 3.55. The fraction of sp³-hybridized carbons (Fsp3) is 0.0556. The number of carbonyl (C=O) groups is 1. The van der Waals surface area contributed by atoms with E-state index in [0.29, 0.717) is 5.75 Å². The van der Waals surface area contributed by atoms with Crippen LogP contribution < -0.4 is 0 Å². The van der Waals surface area contributed by atoms with E-state index >= 15 is 0 Å². The summed E-state index contributed by atoms with van der Waals surface area (Å²) in [5.74, 6) is 0.619. The fourth-order valence-corrected chi connectivity index (χ4v) is 3.18. The summed E-state index contributed by atoms with van der Waals surface area (Å²) in [5, 5.41) is 2.27. The standard InChI is InChI=1S/C18H13BrOS/c19-16-7-9-17(10-8-16)21-12-18(20)15-6-5-13-3-1-2-4-14(13)11-15/h1-11H,12H2. The van der Waals surface area contributed by atoms with E-state index in [2.05, 4.69) is 22.0 Å². The van der Waals surface area contributed by atoms with Gasteiger partial charge in [0.25, 0.3) is 0 Å². The molecule has 3 aromatic carbocycles. The molecular weight excluding hydrogens is 344 g/mol. The second kappa shape index (κ2) is 6.46. The Labute approximate surface area is 136 Å². The van der Waals surface area contributed by atoms with Crippen LogP contribution in [0.3, 0.4) is 0 Å². The van der Waals surface area contributed by atoms with Gasteiger partial charge in [-0.1, -0.05) is 52.3 Å². The molecule has 0 heterocycles. The molecule has 0 aromatic heterocycles. The zero-order valence-corrected chi connectivity index (χ0v) is 13.7. The smallest absolute Gasteiger partial charge is 0.173 e. The molecule has 0 saturated carbocycles. The minimum absolute atomic E-state index is 0.161. The van der Waals surface area contributed by atoms with Gasteiger partial charge in [0, 0.05) is 14.9 Å². The predicted octanol–water partition coefficient (Wildman–Crippen LogP) is 5.58. The Kier molecular flexibility index (Phi) is 4.42. The third-order valence-electron chi connectivity index (χ3n) is 3.26. The highest BCUT2D eigenvalue weighted by atomic mass is 79.9. The number of halogens is 1. The van der Waals surface area contributed by atoms with Crippen molar-refractivity contribution in [2.75, 3.05) is 5.75 Å². The second-order valence-electron chi connectivity index (χ2n) is 4.73. The highest BCUT2D eigenvalue weighted by Gasteiger charge is 2.07. The van der Waals surface area contributed by atoms with Crippen LogP contribution in [-0.2, 0) is 0 Å². The van der Waals surface area contributed by atoms with E-state index in [1.165, 1.54) is 0 Å². The van der Waals surface area contributed by atoms with Crippen molar-refractivity contribution in [1.82, 2.24) is 0 Å². The molecule has 0 spiro atoms. The molecule has 0 fully saturated rings. The zero-order chi connectivity index (χ0) is 14.7. The molecule has 0 unspecified atom stereocenters. The number of thioether (sulfide) groups is 1. The van der Waals surface area contributed by atoms with Gasteiger partial charge in [-0.2, -0.15) is 0 Å². The highest BCUT2D eigenvalue weighted by Crippen LogP contribution is 2.22. The molecule has 0 atom stereocenters. The maximum atomic E-state index is 12.3. The van der Waals surface area contributed by atoms with E-state index in [9.17, 15) is 4.79 Å². The Morgan fingerprint density at radius 1 is 0.905 bits per heavy atom. The molecule has 104 valence electrons. The lowest BCUT2D eigenvalue weighted by atomic mass is 10.1. The first-order valence-corrected chi connectivity index (χ1v) is 8.40. The first-order chi connectivity index (χ1) is 10.2. The van der Waals surface area contributed by atoms with E-state index in [-0.39, 0.29) is 5.78 Å². The minimum Gasteiger partial charge on any atom is -0.293 e. The molecule has 0 bridgehead atoms. The number of rotatable bonds is 4. The molecule has 0 aliphatic heterocycles. The lowest BCUT2D eigenvalue weighted by Crippen LogP contribution is -2.02. The first kappa shape index (κ1) is 14.4. The van der Waals surface area contributed by atoms with Crippen molar-refractivity contribution in [3.63, 3.8) is 0 Å². The van der Waals surface area contributed by atoms with Crippen LogP contribution in [0.15, 0.2) is 76.1 Å². The largest absolute Gasteiger partial charge is 0.293 e. The molecule has 0 aliphatic carbocycles. The molecule has 21 heavy (non-hydrogen) atoms. The fourth-order valence-electron chi connectivity index (χ4n) is 2.13. The molecule has 0 radical (unpaired) electrons. The van der Waals surface area contributed by atoms with Crippen molar-refractivity contribution in [2.24, 2.45) is 0 Å². The number of fused-ring (bicyclic) bond motifs is 1. The van der Waals surface area contributed by atoms with Crippen molar-refractivity contribution < 1.29 is 4.79 Å². The lowest BCUT2D eigenvalue weighted by Gasteiger charge is -2.04. The predicted molar refractivity (Wildman–Crippen MR) is 93.1 cm³/mol. The van der Waals surface area contributed by atoms with Crippen LogP contribution in [-0.4, -0.2) is 11.5 Å². The molecule has 3 aromatic rings. The van der Waals surface area contributed by atoms with Gasteiger partial charge in [0.2, 0.25) is 0 Å². The zero-order valence-electron chi connectivity index (χ0n) is 11.3. The van der Waals surface area contributed by atoms with Gasteiger partial charge in [0.05, 0.1) is 5.75 Å². The molecule has 0 amide bonds. The van der Waals surface area contributed by atoms with Crippen LogP contribution in [0.1, 0.15) is 10.4 Å². The Bertz CT molecular complexity index is 781. The maximum Gasteiger partial charge on any atom is 0.173 e. The Morgan fingerprint density at radius 3 is 2.38 bits per heavy atom. The molecule has 0 N–H and O–H groups in total. The third-order valence-corrected chi connectivity index (χ3v) is 4.80. The van der Waals surface area contributed by atoms with Gasteiger partial charge in [-0.3, -0.25) is 4.79 Å². The van der Waals surface area contributed by atoms with Crippen LogP contribution in [0.5, 0.6) is 0 Å².